The monoisotopic (exact) mass is 307 g/mol. The van der Waals surface area contributed by atoms with Crippen molar-refractivity contribution in [2.24, 2.45) is 11.8 Å². The van der Waals surface area contributed by atoms with Crippen LogP contribution in [0.2, 0.25) is 0 Å². The zero-order chi connectivity index (χ0) is 14.2. The standard InChI is InChI=1S/C17H29N3S/c21-17(18-16-12-13-3-4-14(16)11-13)20-9-5-15(6-10-20)19-7-1-2-8-19/h13-16H,1-12H2,(H,18,21)/t13-,14-,16+/m0/s1. The molecule has 0 aromatic carbocycles. The molecule has 0 aromatic rings. The van der Waals surface area contributed by atoms with E-state index in [0.29, 0.717) is 6.04 Å². The molecule has 0 aromatic heterocycles. The highest BCUT2D eigenvalue weighted by atomic mass is 32.1. The van der Waals surface area contributed by atoms with Crippen LogP contribution in [0.4, 0.5) is 0 Å². The Kier molecular flexibility index (Phi) is 4.10. The van der Waals surface area contributed by atoms with E-state index in [1.807, 2.05) is 0 Å². The van der Waals surface area contributed by atoms with E-state index in [4.69, 9.17) is 12.2 Å². The van der Waals surface area contributed by atoms with Gasteiger partial charge in [0.2, 0.25) is 0 Å². The van der Waals surface area contributed by atoms with Gasteiger partial charge in [0.1, 0.15) is 0 Å². The molecule has 0 spiro atoms. The molecule has 118 valence electrons. The Morgan fingerprint density at radius 1 is 0.905 bits per heavy atom. The third-order valence-corrected chi connectivity index (χ3v) is 6.83. The number of hydrogen-bond acceptors (Lipinski definition) is 2. The predicted molar refractivity (Wildman–Crippen MR) is 90.4 cm³/mol. The average Bonchev–Trinajstić information content (AvgIpc) is 3.25. The molecule has 0 amide bonds. The topological polar surface area (TPSA) is 18.5 Å². The second-order valence-electron chi connectivity index (χ2n) is 7.69. The van der Waals surface area contributed by atoms with Crippen molar-refractivity contribution in [3.8, 4) is 0 Å². The smallest absolute Gasteiger partial charge is 0.169 e. The first-order valence-corrected chi connectivity index (χ1v) is 9.50. The van der Waals surface area contributed by atoms with E-state index in [9.17, 15) is 0 Å². The van der Waals surface area contributed by atoms with Crippen LogP contribution in [-0.4, -0.2) is 53.2 Å². The van der Waals surface area contributed by atoms with E-state index in [-0.39, 0.29) is 0 Å². The minimum atomic E-state index is 0.688. The fourth-order valence-electron chi connectivity index (χ4n) is 5.21. The molecule has 4 heteroatoms. The van der Waals surface area contributed by atoms with Gasteiger partial charge < -0.3 is 15.1 Å². The highest BCUT2D eigenvalue weighted by Crippen LogP contribution is 2.44. The highest BCUT2D eigenvalue weighted by molar-refractivity contribution is 7.80. The minimum absolute atomic E-state index is 0.688. The van der Waals surface area contributed by atoms with Crippen molar-refractivity contribution in [3.05, 3.63) is 0 Å². The molecular weight excluding hydrogens is 278 g/mol. The Bertz CT molecular complexity index is 385. The third-order valence-electron chi connectivity index (χ3n) is 6.46. The largest absolute Gasteiger partial charge is 0.360 e. The molecule has 4 rings (SSSR count). The van der Waals surface area contributed by atoms with Crippen molar-refractivity contribution < 1.29 is 0 Å². The van der Waals surface area contributed by atoms with Crippen LogP contribution in [0.15, 0.2) is 0 Å². The number of rotatable bonds is 2. The van der Waals surface area contributed by atoms with Gasteiger partial charge in [-0.15, -0.1) is 0 Å². The van der Waals surface area contributed by atoms with E-state index in [0.717, 1.165) is 36.1 Å². The molecule has 0 unspecified atom stereocenters. The van der Waals surface area contributed by atoms with Crippen molar-refractivity contribution in [1.82, 2.24) is 15.1 Å². The SMILES string of the molecule is S=C(N[C@@H]1C[C@H]2CC[C@H]1C2)N1CCC(N2CCCC2)CC1. The number of fused-ring (bicyclic) bond motifs is 2. The zero-order valence-electron chi connectivity index (χ0n) is 13.1. The van der Waals surface area contributed by atoms with Crippen LogP contribution in [0.3, 0.4) is 0 Å². The van der Waals surface area contributed by atoms with E-state index < -0.39 is 0 Å². The van der Waals surface area contributed by atoms with Gasteiger partial charge in [-0.2, -0.15) is 0 Å². The van der Waals surface area contributed by atoms with Crippen LogP contribution in [0.5, 0.6) is 0 Å². The van der Waals surface area contributed by atoms with Crippen molar-refractivity contribution in [1.29, 1.82) is 0 Å². The lowest BCUT2D eigenvalue weighted by atomic mass is 9.95. The van der Waals surface area contributed by atoms with Crippen LogP contribution in [-0.2, 0) is 0 Å². The molecule has 2 aliphatic carbocycles. The summed E-state index contributed by atoms with van der Waals surface area (Å²) < 4.78 is 0. The third kappa shape index (κ3) is 2.94. The maximum atomic E-state index is 5.70. The normalized spacial score (nSPS) is 37.3. The van der Waals surface area contributed by atoms with Crippen LogP contribution in [0.1, 0.15) is 51.4 Å². The molecule has 2 saturated heterocycles. The van der Waals surface area contributed by atoms with Gasteiger partial charge in [-0.05, 0) is 82.1 Å². The summed E-state index contributed by atoms with van der Waals surface area (Å²) in [5.41, 5.74) is 0. The van der Waals surface area contributed by atoms with Crippen LogP contribution in [0, 0.1) is 11.8 Å². The Labute approximate surface area is 134 Å². The highest BCUT2D eigenvalue weighted by Gasteiger charge is 2.40. The van der Waals surface area contributed by atoms with Gasteiger partial charge in [0.05, 0.1) is 0 Å². The predicted octanol–water partition coefficient (Wildman–Crippen LogP) is 2.61. The Hall–Kier alpha value is -0.350. The zero-order valence-corrected chi connectivity index (χ0v) is 13.9. The van der Waals surface area contributed by atoms with Crippen molar-refractivity contribution in [2.45, 2.75) is 63.5 Å². The molecule has 4 fully saturated rings. The first-order valence-electron chi connectivity index (χ1n) is 9.09. The molecule has 3 atom stereocenters. The van der Waals surface area contributed by atoms with Gasteiger partial charge in [0.15, 0.2) is 5.11 Å². The Morgan fingerprint density at radius 3 is 2.29 bits per heavy atom. The summed E-state index contributed by atoms with van der Waals surface area (Å²) in [5.74, 6) is 1.91. The number of nitrogens with one attached hydrogen (secondary N) is 1. The summed E-state index contributed by atoms with van der Waals surface area (Å²) in [6, 6.07) is 1.52. The van der Waals surface area contributed by atoms with Crippen molar-refractivity contribution >= 4 is 17.3 Å². The second-order valence-corrected chi connectivity index (χ2v) is 8.08. The summed E-state index contributed by atoms with van der Waals surface area (Å²) >= 11 is 5.70. The lowest BCUT2D eigenvalue weighted by Crippen LogP contribution is -2.51. The summed E-state index contributed by atoms with van der Waals surface area (Å²) in [5, 5.41) is 4.76. The van der Waals surface area contributed by atoms with Gasteiger partial charge in [-0.25, -0.2) is 0 Å². The van der Waals surface area contributed by atoms with E-state index in [1.165, 1.54) is 64.5 Å². The quantitative estimate of drug-likeness (QED) is 0.790. The lowest BCUT2D eigenvalue weighted by Gasteiger charge is -2.39. The maximum Gasteiger partial charge on any atom is 0.169 e. The number of hydrogen-bond donors (Lipinski definition) is 1. The summed E-state index contributed by atoms with van der Waals surface area (Å²) in [6.07, 6.45) is 11.1. The van der Waals surface area contributed by atoms with Crippen LogP contribution < -0.4 is 5.32 Å². The molecule has 3 nitrogen and oxygen atoms in total. The van der Waals surface area contributed by atoms with Crippen molar-refractivity contribution in [2.75, 3.05) is 26.2 Å². The Morgan fingerprint density at radius 2 is 1.67 bits per heavy atom. The second kappa shape index (κ2) is 6.04. The van der Waals surface area contributed by atoms with Gasteiger partial charge >= 0.3 is 0 Å². The van der Waals surface area contributed by atoms with Gasteiger partial charge in [-0.3, -0.25) is 0 Å². The number of thiocarbonyl (C=S) groups is 1. The number of nitrogens with zero attached hydrogens (tertiary/aromatic N) is 2. The summed E-state index contributed by atoms with van der Waals surface area (Å²) in [7, 11) is 0. The van der Waals surface area contributed by atoms with E-state index >= 15 is 0 Å². The lowest BCUT2D eigenvalue weighted by molar-refractivity contribution is 0.162. The fraction of sp³-hybridized carbons (Fsp3) is 0.941. The first-order chi connectivity index (χ1) is 10.3. The molecule has 21 heavy (non-hydrogen) atoms. The van der Waals surface area contributed by atoms with Gasteiger partial charge in [-0.1, -0.05) is 6.42 Å². The van der Waals surface area contributed by atoms with Crippen LogP contribution in [0.25, 0.3) is 0 Å². The first kappa shape index (κ1) is 14.3. The molecule has 2 aliphatic heterocycles. The summed E-state index contributed by atoms with van der Waals surface area (Å²) in [4.78, 5) is 5.15. The van der Waals surface area contributed by atoms with Crippen molar-refractivity contribution in [3.63, 3.8) is 0 Å². The molecule has 2 saturated carbocycles. The minimum Gasteiger partial charge on any atom is -0.360 e. The maximum absolute atomic E-state index is 5.70. The molecule has 4 aliphatic rings. The van der Waals surface area contributed by atoms with E-state index in [2.05, 4.69) is 15.1 Å². The number of likely N-dealkylation sites (tertiary alicyclic amines) is 2. The average molecular weight is 308 g/mol. The number of piperidine rings is 1. The molecule has 0 radical (unpaired) electrons. The van der Waals surface area contributed by atoms with Gasteiger partial charge in [0.25, 0.3) is 0 Å². The fourth-order valence-corrected chi connectivity index (χ4v) is 5.55. The van der Waals surface area contributed by atoms with Crippen LogP contribution >= 0.6 is 12.2 Å². The molecule has 2 heterocycles. The molecular formula is C17H29N3S. The Balaban J connectivity index is 1.25. The summed E-state index contributed by atoms with van der Waals surface area (Å²) in [6.45, 7) is 4.98. The molecule has 1 N–H and O–H groups in total. The van der Waals surface area contributed by atoms with Gasteiger partial charge in [0, 0.05) is 25.2 Å². The van der Waals surface area contributed by atoms with E-state index in [1.54, 1.807) is 0 Å². The molecule has 2 bridgehead atoms.